The Hall–Kier alpha value is -2.60. The smallest absolute Gasteiger partial charge is 0.305 e. The number of rotatable bonds is 5. The van der Waals surface area contributed by atoms with Gasteiger partial charge in [-0.1, -0.05) is 23.7 Å². The quantitative estimate of drug-likeness (QED) is 0.771. The van der Waals surface area contributed by atoms with Crippen molar-refractivity contribution in [3.63, 3.8) is 0 Å². The number of aromatic nitrogens is 1. The lowest BCUT2D eigenvalue weighted by atomic mass is 10.0. The van der Waals surface area contributed by atoms with E-state index < -0.39 is 17.4 Å². The summed E-state index contributed by atoms with van der Waals surface area (Å²) in [7, 11) is 0. The molecule has 6 nitrogen and oxygen atoms in total. The summed E-state index contributed by atoms with van der Waals surface area (Å²) in [6, 6.07) is 8.43. The van der Waals surface area contributed by atoms with Gasteiger partial charge in [0.05, 0.1) is 6.42 Å². The maximum Gasteiger partial charge on any atom is 0.305 e. The number of pyridine rings is 1. The Labute approximate surface area is 144 Å². The first-order valence-corrected chi connectivity index (χ1v) is 7.55. The van der Waals surface area contributed by atoms with E-state index in [-0.39, 0.29) is 17.9 Å². The van der Waals surface area contributed by atoms with Crippen LogP contribution in [0.1, 0.15) is 30.8 Å². The number of hydrogen-bond acceptors (Lipinski definition) is 4. The predicted molar refractivity (Wildman–Crippen MR) is 90.1 cm³/mol. The summed E-state index contributed by atoms with van der Waals surface area (Å²) in [4.78, 5) is 27.0. The largest absolute Gasteiger partial charge is 0.505 e. The number of carbonyl (C=O) groups is 2. The Bertz CT molecular complexity index is 790. The van der Waals surface area contributed by atoms with Crippen LogP contribution in [0.15, 0.2) is 36.5 Å². The van der Waals surface area contributed by atoms with Crippen LogP contribution >= 0.6 is 11.6 Å². The summed E-state index contributed by atoms with van der Waals surface area (Å²) in [6.07, 6.45) is 1.20. The number of carboxylic acid groups (broad SMARTS) is 1. The van der Waals surface area contributed by atoms with Crippen LogP contribution in [0.2, 0.25) is 5.02 Å². The number of carboxylic acids is 1. The SMILES string of the molecule is CC(C)(CC(=O)O)NC(=O)c1ncc(-c2cccc(Cl)c2)cc1O. The Balaban J connectivity index is 2.23. The van der Waals surface area contributed by atoms with Crippen LogP contribution < -0.4 is 5.32 Å². The molecule has 0 bridgehead atoms. The first-order chi connectivity index (χ1) is 11.2. The molecule has 0 atom stereocenters. The van der Waals surface area contributed by atoms with Gasteiger partial charge in [0.15, 0.2) is 5.69 Å². The summed E-state index contributed by atoms with van der Waals surface area (Å²) in [6.45, 7) is 3.16. The molecule has 1 aromatic heterocycles. The Morgan fingerprint density at radius 1 is 1.25 bits per heavy atom. The van der Waals surface area contributed by atoms with E-state index in [9.17, 15) is 14.7 Å². The molecule has 2 aromatic rings. The normalized spacial score (nSPS) is 11.1. The maximum absolute atomic E-state index is 12.2. The number of hydrogen-bond donors (Lipinski definition) is 3. The van der Waals surface area contributed by atoms with E-state index in [0.717, 1.165) is 5.56 Å². The highest BCUT2D eigenvalue weighted by Gasteiger charge is 2.26. The number of nitrogens with zero attached hydrogens (tertiary/aromatic N) is 1. The van der Waals surface area contributed by atoms with Crippen molar-refractivity contribution in [3.05, 3.63) is 47.2 Å². The summed E-state index contributed by atoms with van der Waals surface area (Å²) in [5, 5.41) is 22.0. The molecule has 1 heterocycles. The molecule has 126 valence electrons. The lowest BCUT2D eigenvalue weighted by molar-refractivity contribution is -0.138. The van der Waals surface area contributed by atoms with E-state index in [0.29, 0.717) is 10.6 Å². The summed E-state index contributed by atoms with van der Waals surface area (Å²) in [5.74, 6) is -1.97. The van der Waals surface area contributed by atoms with Gasteiger partial charge in [0.25, 0.3) is 5.91 Å². The minimum atomic E-state index is -1.03. The van der Waals surface area contributed by atoms with Crippen molar-refractivity contribution in [2.24, 2.45) is 0 Å². The molecule has 0 radical (unpaired) electrons. The van der Waals surface area contributed by atoms with Gasteiger partial charge in [0.2, 0.25) is 0 Å². The minimum absolute atomic E-state index is 0.167. The summed E-state index contributed by atoms with van der Waals surface area (Å²) < 4.78 is 0. The molecule has 0 unspecified atom stereocenters. The van der Waals surface area contributed by atoms with Crippen molar-refractivity contribution >= 4 is 23.5 Å². The Morgan fingerprint density at radius 3 is 2.54 bits per heavy atom. The van der Waals surface area contributed by atoms with Gasteiger partial charge in [-0.2, -0.15) is 0 Å². The van der Waals surface area contributed by atoms with Gasteiger partial charge in [0.1, 0.15) is 5.75 Å². The lowest BCUT2D eigenvalue weighted by Crippen LogP contribution is -2.45. The van der Waals surface area contributed by atoms with E-state index in [4.69, 9.17) is 16.7 Å². The third-order valence-electron chi connectivity index (χ3n) is 3.29. The molecule has 0 aliphatic heterocycles. The molecule has 0 spiro atoms. The van der Waals surface area contributed by atoms with E-state index in [1.54, 1.807) is 38.1 Å². The van der Waals surface area contributed by atoms with Crippen molar-refractivity contribution < 1.29 is 19.8 Å². The second-order valence-electron chi connectivity index (χ2n) is 6.01. The number of aliphatic carboxylic acids is 1. The van der Waals surface area contributed by atoms with Crippen LogP contribution in [0.3, 0.4) is 0 Å². The number of amides is 1. The first kappa shape index (κ1) is 17.7. The van der Waals surface area contributed by atoms with E-state index in [2.05, 4.69) is 10.3 Å². The first-order valence-electron chi connectivity index (χ1n) is 7.17. The van der Waals surface area contributed by atoms with Gasteiger partial charge in [-0.15, -0.1) is 0 Å². The molecule has 0 saturated carbocycles. The molecular formula is C17H17ClN2O4. The average Bonchev–Trinajstić information content (AvgIpc) is 2.44. The van der Waals surface area contributed by atoms with Crippen molar-refractivity contribution in [1.82, 2.24) is 10.3 Å². The standard InChI is InChI=1S/C17H17ClN2O4/c1-17(2,8-14(22)23)20-16(24)15-13(21)7-11(9-19-15)10-4-3-5-12(18)6-10/h3-7,9,21H,8H2,1-2H3,(H,20,24)(H,22,23). The predicted octanol–water partition coefficient (Wildman–Crippen LogP) is 3.09. The summed E-state index contributed by atoms with van der Waals surface area (Å²) in [5.41, 5.74) is 0.224. The van der Waals surface area contributed by atoms with Gasteiger partial charge in [-0.3, -0.25) is 9.59 Å². The number of nitrogens with one attached hydrogen (secondary N) is 1. The topological polar surface area (TPSA) is 99.5 Å². The fourth-order valence-corrected chi connectivity index (χ4v) is 2.43. The summed E-state index contributed by atoms with van der Waals surface area (Å²) >= 11 is 5.94. The molecule has 24 heavy (non-hydrogen) atoms. The fraction of sp³-hybridized carbons (Fsp3) is 0.235. The molecule has 0 aliphatic rings. The van der Waals surface area contributed by atoms with Gasteiger partial charge < -0.3 is 15.5 Å². The van der Waals surface area contributed by atoms with Gasteiger partial charge in [-0.25, -0.2) is 4.98 Å². The molecule has 0 saturated heterocycles. The van der Waals surface area contributed by atoms with E-state index in [1.807, 2.05) is 0 Å². The van der Waals surface area contributed by atoms with Crippen molar-refractivity contribution in [2.45, 2.75) is 25.8 Å². The van der Waals surface area contributed by atoms with Crippen LogP contribution in [0.25, 0.3) is 11.1 Å². The average molecular weight is 349 g/mol. The molecule has 1 aromatic carbocycles. The van der Waals surface area contributed by atoms with Crippen LogP contribution in [0, 0.1) is 0 Å². The van der Waals surface area contributed by atoms with Crippen molar-refractivity contribution in [3.8, 4) is 16.9 Å². The van der Waals surface area contributed by atoms with Crippen LogP contribution in [-0.2, 0) is 4.79 Å². The van der Waals surface area contributed by atoms with Crippen LogP contribution in [-0.4, -0.2) is 32.6 Å². The van der Waals surface area contributed by atoms with E-state index in [1.165, 1.54) is 12.3 Å². The highest BCUT2D eigenvalue weighted by atomic mass is 35.5. The molecule has 7 heteroatoms. The second kappa shape index (κ2) is 6.88. The lowest BCUT2D eigenvalue weighted by Gasteiger charge is -2.24. The number of carbonyl (C=O) groups excluding carboxylic acids is 1. The maximum atomic E-state index is 12.2. The van der Waals surface area contributed by atoms with Gasteiger partial charge in [0, 0.05) is 22.3 Å². The third kappa shape index (κ3) is 4.45. The molecule has 0 aliphatic carbocycles. The number of benzene rings is 1. The fourth-order valence-electron chi connectivity index (χ4n) is 2.24. The van der Waals surface area contributed by atoms with E-state index >= 15 is 0 Å². The van der Waals surface area contributed by atoms with Crippen molar-refractivity contribution in [1.29, 1.82) is 0 Å². The highest BCUT2D eigenvalue weighted by Crippen LogP contribution is 2.27. The van der Waals surface area contributed by atoms with Crippen molar-refractivity contribution in [2.75, 3.05) is 0 Å². The number of aromatic hydroxyl groups is 1. The highest BCUT2D eigenvalue weighted by molar-refractivity contribution is 6.30. The van der Waals surface area contributed by atoms with Gasteiger partial charge >= 0.3 is 5.97 Å². The molecule has 0 fully saturated rings. The molecular weight excluding hydrogens is 332 g/mol. The Kier molecular flexibility index (Phi) is 5.09. The molecule has 2 rings (SSSR count). The monoisotopic (exact) mass is 348 g/mol. The Morgan fingerprint density at radius 2 is 1.96 bits per heavy atom. The van der Waals surface area contributed by atoms with Crippen LogP contribution in [0.4, 0.5) is 0 Å². The molecule has 1 amide bonds. The zero-order chi connectivity index (χ0) is 17.9. The third-order valence-corrected chi connectivity index (χ3v) is 3.52. The minimum Gasteiger partial charge on any atom is -0.505 e. The number of halogens is 1. The zero-order valence-corrected chi connectivity index (χ0v) is 14.0. The van der Waals surface area contributed by atoms with Crippen LogP contribution in [0.5, 0.6) is 5.75 Å². The zero-order valence-electron chi connectivity index (χ0n) is 13.2. The van der Waals surface area contributed by atoms with Gasteiger partial charge in [-0.05, 0) is 37.6 Å². The molecule has 3 N–H and O–H groups in total. The second-order valence-corrected chi connectivity index (χ2v) is 6.45.